The summed E-state index contributed by atoms with van der Waals surface area (Å²) in [6.07, 6.45) is 5.86. The lowest BCUT2D eigenvalue weighted by Crippen LogP contribution is -2.24. The Morgan fingerprint density at radius 1 is 0.966 bits per heavy atom. The molecule has 0 saturated carbocycles. The fraction of sp³-hybridized carbons (Fsp3) is 0.174. The van der Waals surface area contributed by atoms with E-state index in [1.54, 1.807) is 10.9 Å². The van der Waals surface area contributed by atoms with Crippen LogP contribution in [-0.2, 0) is 0 Å². The summed E-state index contributed by atoms with van der Waals surface area (Å²) in [6, 6.07) is 19.4. The van der Waals surface area contributed by atoms with E-state index in [1.165, 1.54) is 0 Å². The molecule has 1 amide bonds. The zero-order chi connectivity index (χ0) is 19.6. The third-order valence-corrected chi connectivity index (χ3v) is 5.23. The van der Waals surface area contributed by atoms with Gasteiger partial charge in [0.25, 0.3) is 5.91 Å². The molecule has 144 valence electrons. The first-order valence-electron chi connectivity index (χ1n) is 9.84. The second kappa shape index (κ2) is 7.39. The smallest absolute Gasteiger partial charge is 0.259 e. The average molecular weight is 383 g/mol. The quantitative estimate of drug-likeness (QED) is 0.572. The number of carbonyl (C=O) groups is 1. The highest BCUT2D eigenvalue weighted by atomic mass is 16.1. The number of carbonyl (C=O) groups excluding carboxylic acids is 1. The molecule has 6 heteroatoms. The van der Waals surface area contributed by atoms with Crippen molar-refractivity contribution >= 4 is 28.3 Å². The van der Waals surface area contributed by atoms with Gasteiger partial charge in [-0.1, -0.05) is 24.3 Å². The fourth-order valence-corrected chi connectivity index (χ4v) is 3.79. The lowest BCUT2D eigenvalue weighted by atomic mass is 10.1. The Hall–Kier alpha value is -3.67. The maximum atomic E-state index is 13.2. The van der Waals surface area contributed by atoms with Crippen LogP contribution in [0.3, 0.4) is 0 Å². The van der Waals surface area contributed by atoms with Gasteiger partial charge in [-0.3, -0.25) is 4.79 Å². The molecule has 1 saturated heterocycles. The molecule has 5 rings (SSSR count). The fourth-order valence-electron chi connectivity index (χ4n) is 3.79. The van der Waals surface area contributed by atoms with Crippen LogP contribution < -0.4 is 10.2 Å². The number of hydrogen-bond acceptors (Lipinski definition) is 4. The van der Waals surface area contributed by atoms with Crippen LogP contribution in [0.1, 0.15) is 23.2 Å². The summed E-state index contributed by atoms with van der Waals surface area (Å²) < 4.78 is 1.77. The van der Waals surface area contributed by atoms with E-state index in [0.29, 0.717) is 5.56 Å². The minimum Gasteiger partial charge on any atom is -0.356 e. The standard InChI is InChI=1S/C23H21N5O/c29-23(25-18-8-5-9-19(16-18)28-14-6-11-24-28)20-15-17-7-1-2-10-21(17)26-22(20)27-12-3-4-13-27/h1-2,5-11,14-16H,3-4,12-13H2,(H,25,29). The maximum Gasteiger partial charge on any atom is 0.259 e. The Morgan fingerprint density at radius 3 is 2.66 bits per heavy atom. The van der Waals surface area contributed by atoms with Gasteiger partial charge in [0.2, 0.25) is 0 Å². The molecule has 0 radical (unpaired) electrons. The summed E-state index contributed by atoms with van der Waals surface area (Å²) in [5.41, 5.74) is 3.13. The predicted molar refractivity (Wildman–Crippen MR) is 115 cm³/mol. The first-order chi connectivity index (χ1) is 14.3. The van der Waals surface area contributed by atoms with E-state index in [1.807, 2.05) is 66.9 Å². The number of para-hydroxylation sites is 1. The average Bonchev–Trinajstić information content (AvgIpc) is 3.47. The summed E-state index contributed by atoms with van der Waals surface area (Å²) in [4.78, 5) is 20.3. The molecule has 0 aliphatic carbocycles. The summed E-state index contributed by atoms with van der Waals surface area (Å²) >= 11 is 0. The number of aromatic nitrogens is 3. The normalized spacial score (nSPS) is 13.7. The minimum atomic E-state index is -0.150. The lowest BCUT2D eigenvalue weighted by molar-refractivity contribution is 0.102. The van der Waals surface area contributed by atoms with E-state index in [9.17, 15) is 4.79 Å². The van der Waals surface area contributed by atoms with Gasteiger partial charge < -0.3 is 10.2 Å². The Bertz CT molecular complexity index is 1160. The Labute approximate surface area is 168 Å². The molecule has 29 heavy (non-hydrogen) atoms. The highest BCUT2D eigenvalue weighted by Gasteiger charge is 2.22. The zero-order valence-electron chi connectivity index (χ0n) is 16.0. The SMILES string of the molecule is O=C(Nc1cccc(-n2cccn2)c1)c1cc2ccccc2nc1N1CCCC1. The monoisotopic (exact) mass is 383 g/mol. The van der Waals surface area contributed by atoms with E-state index in [4.69, 9.17) is 4.98 Å². The van der Waals surface area contributed by atoms with Crippen molar-refractivity contribution in [2.45, 2.75) is 12.8 Å². The molecule has 3 heterocycles. The van der Waals surface area contributed by atoms with Crippen LogP contribution in [0.5, 0.6) is 0 Å². The van der Waals surface area contributed by atoms with Gasteiger partial charge in [-0.05, 0) is 49.2 Å². The molecule has 1 N–H and O–H groups in total. The summed E-state index contributed by atoms with van der Waals surface area (Å²) in [7, 11) is 0. The van der Waals surface area contributed by atoms with Crippen LogP contribution in [-0.4, -0.2) is 33.8 Å². The number of benzene rings is 2. The number of amides is 1. The molecule has 0 unspecified atom stereocenters. The van der Waals surface area contributed by atoms with E-state index >= 15 is 0 Å². The van der Waals surface area contributed by atoms with Gasteiger partial charge in [-0.25, -0.2) is 9.67 Å². The van der Waals surface area contributed by atoms with E-state index < -0.39 is 0 Å². The van der Waals surface area contributed by atoms with Crippen LogP contribution in [0, 0.1) is 0 Å². The van der Waals surface area contributed by atoms with Crippen molar-refractivity contribution in [2.75, 3.05) is 23.3 Å². The van der Waals surface area contributed by atoms with Crippen LogP contribution in [0.25, 0.3) is 16.6 Å². The summed E-state index contributed by atoms with van der Waals surface area (Å²) in [5, 5.41) is 8.26. The van der Waals surface area contributed by atoms with Crippen molar-refractivity contribution in [3.63, 3.8) is 0 Å². The van der Waals surface area contributed by atoms with E-state index in [-0.39, 0.29) is 5.91 Å². The largest absolute Gasteiger partial charge is 0.356 e. The van der Waals surface area contributed by atoms with Gasteiger partial charge in [0, 0.05) is 36.6 Å². The van der Waals surface area contributed by atoms with Crippen molar-refractivity contribution < 1.29 is 4.79 Å². The molecule has 1 fully saturated rings. The first-order valence-corrected chi connectivity index (χ1v) is 9.84. The number of pyridine rings is 1. The number of rotatable bonds is 4. The topological polar surface area (TPSA) is 63.1 Å². The van der Waals surface area contributed by atoms with Gasteiger partial charge in [0.15, 0.2) is 0 Å². The maximum absolute atomic E-state index is 13.2. The van der Waals surface area contributed by atoms with Crippen LogP contribution in [0.15, 0.2) is 73.1 Å². The second-order valence-electron chi connectivity index (χ2n) is 7.20. The lowest BCUT2D eigenvalue weighted by Gasteiger charge is -2.20. The molecule has 2 aromatic heterocycles. The molecule has 4 aromatic rings. The van der Waals surface area contributed by atoms with Crippen LogP contribution >= 0.6 is 0 Å². The Kier molecular flexibility index (Phi) is 4.44. The van der Waals surface area contributed by atoms with Gasteiger partial charge in [-0.2, -0.15) is 5.10 Å². The molecule has 1 aliphatic heterocycles. The zero-order valence-corrected chi connectivity index (χ0v) is 16.0. The van der Waals surface area contributed by atoms with Crippen molar-refractivity contribution in [3.8, 4) is 5.69 Å². The highest BCUT2D eigenvalue weighted by molar-refractivity contribution is 6.09. The molecule has 2 aromatic carbocycles. The van der Waals surface area contributed by atoms with E-state index in [2.05, 4.69) is 15.3 Å². The van der Waals surface area contributed by atoms with Gasteiger partial charge in [0.05, 0.1) is 16.8 Å². The molecule has 6 nitrogen and oxygen atoms in total. The predicted octanol–water partition coefficient (Wildman–Crippen LogP) is 4.27. The number of hydrogen-bond donors (Lipinski definition) is 1. The molecule has 0 spiro atoms. The number of nitrogens with zero attached hydrogens (tertiary/aromatic N) is 4. The van der Waals surface area contributed by atoms with Crippen molar-refractivity contribution in [3.05, 3.63) is 78.6 Å². The van der Waals surface area contributed by atoms with Crippen molar-refractivity contribution in [2.24, 2.45) is 0 Å². The van der Waals surface area contributed by atoms with Gasteiger partial charge in [-0.15, -0.1) is 0 Å². The minimum absolute atomic E-state index is 0.150. The highest BCUT2D eigenvalue weighted by Crippen LogP contribution is 2.27. The third-order valence-electron chi connectivity index (χ3n) is 5.23. The Balaban J connectivity index is 1.50. The van der Waals surface area contributed by atoms with Crippen LogP contribution in [0.2, 0.25) is 0 Å². The number of anilines is 2. The number of fused-ring (bicyclic) bond motifs is 1. The molecular formula is C23H21N5O. The first kappa shape index (κ1) is 17.4. The molecule has 0 bridgehead atoms. The van der Waals surface area contributed by atoms with Crippen molar-refractivity contribution in [1.82, 2.24) is 14.8 Å². The molecule has 0 atom stereocenters. The van der Waals surface area contributed by atoms with Gasteiger partial charge >= 0.3 is 0 Å². The molecule has 1 aliphatic rings. The third kappa shape index (κ3) is 3.45. The van der Waals surface area contributed by atoms with E-state index in [0.717, 1.165) is 54.0 Å². The van der Waals surface area contributed by atoms with Crippen LogP contribution in [0.4, 0.5) is 11.5 Å². The van der Waals surface area contributed by atoms with Crippen molar-refractivity contribution in [1.29, 1.82) is 0 Å². The summed E-state index contributed by atoms with van der Waals surface area (Å²) in [5.74, 6) is 0.615. The van der Waals surface area contributed by atoms with Gasteiger partial charge in [0.1, 0.15) is 5.82 Å². The number of nitrogens with one attached hydrogen (secondary N) is 1. The summed E-state index contributed by atoms with van der Waals surface area (Å²) in [6.45, 7) is 1.86. The molecular weight excluding hydrogens is 362 g/mol. The Morgan fingerprint density at radius 2 is 1.83 bits per heavy atom. The second-order valence-corrected chi connectivity index (χ2v) is 7.20.